The maximum absolute atomic E-state index is 11.7. The molecule has 0 N–H and O–H groups in total. The minimum Gasteiger partial charge on any atom is -0.494 e. The Bertz CT molecular complexity index is 522. The Morgan fingerprint density at radius 1 is 1.41 bits per heavy atom. The molecule has 1 rings (SSSR count). The molecule has 0 amide bonds. The van der Waals surface area contributed by atoms with Gasteiger partial charge in [-0.15, -0.1) is 0 Å². The zero-order chi connectivity index (χ0) is 13.1. The molecule has 17 heavy (non-hydrogen) atoms. The highest BCUT2D eigenvalue weighted by Crippen LogP contribution is 2.23. The first-order chi connectivity index (χ1) is 7.83. The van der Waals surface area contributed by atoms with Crippen LogP contribution in [0.1, 0.15) is 17.3 Å². The van der Waals surface area contributed by atoms with Gasteiger partial charge in [-0.1, -0.05) is 0 Å². The normalized spacial score (nSPS) is 11.2. The lowest BCUT2D eigenvalue weighted by Gasteiger charge is -2.06. The molecule has 0 unspecified atom stereocenters. The second-order valence-electron chi connectivity index (χ2n) is 3.57. The van der Waals surface area contributed by atoms with E-state index in [0.717, 1.165) is 6.26 Å². The minimum absolute atomic E-state index is 0.346. The van der Waals surface area contributed by atoms with Gasteiger partial charge in [-0.3, -0.25) is 4.79 Å². The van der Waals surface area contributed by atoms with Crippen molar-refractivity contribution < 1.29 is 17.9 Å². The van der Waals surface area contributed by atoms with Gasteiger partial charge < -0.3 is 4.74 Å². The number of carbonyl (C=O) groups excluding carboxylic acids is 1. The van der Waals surface area contributed by atoms with Crippen LogP contribution in [0.5, 0.6) is 5.75 Å². The molecule has 94 valence electrons. The predicted molar refractivity (Wildman–Crippen MR) is 69.4 cm³/mol. The van der Waals surface area contributed by atoms with Crippen molar-refractivity contribution in [1.29, 1.82) is 0 Å². The first kappa shape index (κ1) is 14.2. The van der Waals surface area contributed by atoms with Crippen molar-refractivity contribution in [3.8, 4) is 5.75 Å². The van der Waals surface area contributed by atoms with Gasteiger partial charge >= 0.3 is 0 Å². The quantitative estimate of drug-likeness (QED) is 0.779. The molecule has 0 aliphatic rings. The fourth-order valence-corrected chi connectivity index (χ4v) is 2.50. The molecule has 0 aliphatic heterocycles. The van der Waals surface area contributed by atoms with Crippen molar-refractivity contribution in [1.82, 2.24) is 0 Å². The largest absolute Gasteiger partial charge is 0.494 e. The Kier molecular flexibility index (Phi) is 4.70. The molecule has 1 aromatic rings. The Hall–Kier alpha value is -0.880. The zero-order valence-corrected chi connectivity index (χ0v) is 12.0. The number of ketones is 1. The molecule has 0 fully saturated rings. The van der Waals surface area contributed by atoms with Gasteiger partial charge in [0.15, 0.2) is 15.6 Å². The van der Waals surface area contributed by atoms with E-state index in [1.54, 1.807) is 18.2 Å². The van der Waals surface area contributed by atoms with Crippen LogP contribution in [0.25, 0.3) is 0 Å². The summed E-state index contributed by atoms with van der Waals surface area (Å²) in [5.74, 6) is -0.280. The fraction of sp³-hybridized carbons (Fsp3) is 0.364. The van der Waals surface area contributed by atoms with Gasteiger partial charge in [0.25, 0.3) is 0 Å². The smallest absolute Gasteiger partial charge is 0.178 e. The third kappa shape index (κ3) is 4.47. The zero-order valence-electron chi connectivity index (χ0n) is 9.57. The summed E-state index contributed by atoms with van der Waals surface area (Å²) in [7, 11) is -3.31. The number of Topliss-reactive ketones (excluding diaryl/α,β-unsaturated/α-hetero) is 1. The number of sulfone groups is 1. The molecule has 0 heterocycles. The highest BCUT2D eigenvalue weighted by molar-refractivity contribution is 9.10. The molecular weight excluding hydrogens is 308 g/mol. The van der Waals surface area contributed by atoms with E-state index in [1.807, 2.05) is 6.92 Å². The van der Waals surface area contributed by atoms with Gasteiger partial charge in [-0.2, -0.15) is 0 Å². The van der Waals surface area contributed by atoms with E-state index in [2.05, 4.69) is 15.9 Å². The molecule has 0 atom stereocenters. The molecule has 0 saturated heterocycles. The third-order valence-corrected chi connectivity index (χ3v) is 3.39. The summed E-state index contributed by atoms with van der Waals surface area (Å²) < 4.78 is 27.9. The lowest BCUT2D eigenvalue weighted by molar-refractivity contribution is 0.102. The molecule has 0 radical (unpaired) electrons. The Morgan fingerprint density at radius 2 is 2.06 bits per heavy atom. The van der Waals surface area contributed by atoms with Crippen LogP contribution in [0.2, 0.25) is 0 Å². The Labute approximate surface area is 109 Å². The maximum atomic E-state index is 11.7. The van der Waals surface area contributed by atoms with Crippen LogP contribution in [0.3, 0.4) is 0 Å². The van der Waals surface area contributed by atoms with E-state index in [-0.39, 0.29) is 0 Å². The summed E-state index contributed by atoms with van der Waals surface area (Å²) in [5.41, 5.74) is 0.346. The van der Waals surface area contributed by atoms with Gasteiger partial charge in [-0.25, -0.2) is 8.42 Å². The van der Waals surface area contributed by atoms with Crippen molar-refractivity contribution in [2.75, 3.05) is 18.6 Å². The van der Waals surface area contributed by atoms with Crippen LogP contribution in [-0.2, 0) is 9.84 Å². The van der Waals surface area contributed by atoms with Crippen LogP contribution in [-0.4, -0.2) is 32.8 Å². The molecule has 0 bridgehead atoms. The highest BCUT2D eigenvalue weighted by atomic mass is 79.9. The minimum atomic E-state index is -3.31. The van der Waals surface area contributed by atoms with E-state index in [9.17, 15) is 13.2 Å². The predicted octanol–water partition coefficient (Wildman–Crippen LogP) is 2.08. The number of benzene rings is 1. The van der Waals surface area contributed by atoms with Gasteiger partial charge in [0.05, 0.1) is 6.61 Å². The van der Waals surface area contributed by atoms with Crippen LogP contribution in [0, 0.1) is 0 Å². The van der Waals surface area contributed by atoms with Gasteiger partial charge in [0, 0.05) is 16.3 Å². The van der Waals surface area contributed by atoms with Crippen molar-refractivity contribution in [3.63, 3.8) is 0 Å². The number of halogens is 1. The van der Waals surface area contributed by atoms with Crippen LogP contribution >= 0.6 is 15.9 Å². The number of hydrogen-bond acceptors (Lipinski definition) is 4. The second-order valence-corrected chi connectivity index (χ2v) is 6.56. The molecule has 6 heteroatoms. The van der Waals surface area contributed by atoms with Crippen LogP contribution in [0.15, 0.2) is 22.7 Å². The van der Waals surface area contributed by atoms with Gasteiger partial charge in [-0.05, 0) is 41.1 Å². The van der Waals surface area contributed by atoms with E-state index in [1.165, 1.54) is 0 Å². The summed E-state index contributed by atoms with van der Waals surface area (Å²) in [6.07, 6.45) is 1.04. The number of ether oxygens (including phenoxy) is 1. The third-order valence-electron chi connectivity index (χ3n) is 1.95. The summed E-state index contributed by atoms with van der Waals surface area (Å²) in [5, 5.41) is 0. The highest BCUT2D eigenvalue weighted by Gasteiger charge is 2.16. The molecule has 1 aromatic carbocycles. The van der Waals surface area contributed by atoms with Crippen LogP contribution < -0.4 is 4.74 Å². The molecule has 0 aliphatic carbocycles. The lowest BCUT2D eigenvalue weighted by atomic mass is 10.1. The molecule has 4 nitrogen and oxygen atoms in total. The molecule has 0 spiro atoms. The number of rotatable bonds is 5. The first-order valence-corrected chi connectivity index (χ1v) is 7.82. The van der Waals surface area contributed by atoms with Gasteiger partial charge in [0.1, 0.15) is 11.5 Å². The standard InChI is InChI=1S/C11H13BrO4S/c1-3-16-8-4-5-9(10(12)6-8)11(13)7-17(2,14)15/h4-6H,3,7H2,1-2H3. The van der Waals surface area contributed by atoms with Crippen molar-refractivity contribution >= 4 is 31.6 Å². The first-order valence-electron chi connectivity index (χ1n) is 4.96. The maximum Gasteiger partial charge on any atom is 0.178 e. The molecular formula is C11H13BrO4S. The van der Waals surface area contributed by atoms with E-state index in [0.29, 0.717) is 22.4 Å². The number of carbonyl (C=O) groups is 1. The topological polar surface area (TPSA) is 60.4 Å². The average molecular weight is 321 g/mol. The summed E-state index contributed by atoms with van der Waals surface area (Å²) in [4.78, 5) is 11.7. The van der Waals surface area contributed by atoms with Crippen LogP contribution in [0.4, 0.5) is 0 Å². The lowest BCUT2D eigenvalue weighted by Crippen LogP contribution is -2.15. The fourth-order valence-electron chi connectivity index (χ4n) is 1.29. The number of hydrogen-bond donors (Lipinski definition) is 0. The van der Waals surface area contributed by atoms with E-state index >= 15 is 0 Å². The summed E-state index contributed by atoms with van der Waals surface area (Å²) in [6, 6.07) is 4.85. The van der Waals surface area contributed by atoms with E-state index in [4.69, 9.17) is 4.74 Å². The van der Waals surface area contributed by atoms with E-state index < -0.39 is 21.4 Å². The average Bonchev–Trinajstić information content (AvgIpc) is 2.15. The Morgan fingerprint density at radius 3 is 2.53 bits per heavy atom. The molecule has 0 saturated carbocycles. The summed E-state index contributed by atoms with van der Waals surface area (Å²) >= 11 is 3.23. The van der Waals surface area contributed by atoms with Crippen molar-refractivity contribution in [2.24, 2.45) is 0 Å². The monoisotopic (exact) mass is 320 g/mol. The summed E-state index contributed by atoms with van der Waals surface area (Å²) in [6.45, 7) is 2.39. The molecule has 0 aromatic heterocycles. The SMILES string of the molecule is CCOc1ccc(C(=O)CS(C)(=O)=O)c(Br)c1. The van der Waals surface area contributed by atoms with Gasteiger partial charge in [0.2, 0.25) is 0 Å². The van der Waals surface area contributed by atoms with Crippen molar-refractivity contribution in [2.45, 2.75) is 6.92 Å². The van der Waals surface area contributed by atoms with Crippen molar-refractivity contribution in [3.05, 3.63) is 28.2 Å². The second kappa shape index (κ2) is 5.64. The Balaban J connectivity index is 2.96.